The first-order valence-corrected chi connectivity index (χ1v) is 11.4. The second-order valence-electron chi connectivity index (χ2n) is 9.24. The highest BCUT2D eigenvalue weighted by Crippen LogP contribution is 2.34. The van der Waals surface area contributed by atoms with Crippen molar-refractivity contribution in [2.75, 3.05) is 0 Å². The van der Waals surface area contributed by atoms with Crippen LogP contribution in [0.15, 0.2) is 47.1 Å². The van der Waals surface area contributed by atoms with E-state index in [0.717, 1.165) is 31.2 Å². The van der Waals surface area contributed by atoms with Gasteiger partial charge in [-0.05, 0) is 37.5 Å². The summed E-state index contributed by atoms with van der Waals surface area (Å²) in [4.78, 5) is 28.9. The lowest BCUT2D eigenvalue weighted by atomic mass is 9.93. The molecule has 0 radical (unpaired) electrons. The van der Waals surface area contributed by atoms with Gasteiger partial charge in [-0.3, -0.25) is 9.59 Å². The zero-order valence-electron chi connectivity index (χ0n) is 18.3. The molecule has 168 valence electrons. The molecule has 2 aliphatic rings. The van der Waals surface area contributed by atoms with Gasteiger partial charge in [-0.15, -0.1) is 0 Å². The topological polar surface area (TPSA) is 67.5 Å². The van der Waals surface area contributed by atoms with Gasteiger partial charge in [0.1, 0.15) is 17.1 Å². The van der Waals surface area contributed by atoms with Crippen molar-refractivity contribution in [3.63, 3.8) is 0 Å². The Labute approximate surface area is 186 Å². The molecule has 6 nitrogen and oxygen atoms in total. The summed E-state index contributed by atoms with van der Waals surface area (Å²) in [5.41, 5.74) is 1.43. The number of carbonyl (C=O) groups excluding carboxylic acids is 2. The Hall–Kier alpha value is -3.09. The van der Waals surface area contributed by atoms with E-state index in [-0.39, 0.29) is 30.2 Å². The first kappa shape index (κ1) is 20.8. The maximum Gasteiger partial charge on any atom is 0.271 e. The molecule has 1 N–H and O–H groups in total. The highest BCUT2D eigenvalue weighted by molar-refractivity contribution is 6.02. The molecule has 3 heterocycles. The largest absolute Gasteiger partial charge is 0.463 e. The van der Waals surface area contributed by atoms with Gasteiger partial charge >= 0.3 is 0 Å². The Morgan fingerprint density at radius 2 is 1.97 bits per heavy atom. The molecule has 0 unspecified atom stereocenters. The third-order valence-electron chi connectivity index (χ3n) is 6.96. The normalized spacial score (nSPS) is 22.1. The van der Waals surface area contributed by atoms with Crippen LogP contribution in [0.5, 0.6) is 0 Å². The lowest BCUT2D eigenvalue weighted by molar-refractivity contribution is -0.134. The summed E-state index contributed by atoms with van der Waals surface area (Å²) in [6, 6.07) is 9.84. The molecule has 1 fully saturated rings. The third kappa shape index (κ3) is 3.59. The molecular weight excluding hydrogens is 409 g/mol. The average molecular weight is 438 g/mol. The number of aromatic nitrogens is 1. The summed E-state index contributed by atoms with van der Waals surface area (Å²) in [6.07, 6.45) is 8.10. The van der Waals surface area contributed by atoms with Gasteiger partial charge in [0, 0.05) is 24.7 Å². The van der Waals surface area contributed by atoms with Crippen molar-refractivity contribution in [2.24, 2.45) is 0 Å². The fraction of sp³-hybridized carbons (Fsp3) is 0.440. The SMILES string of the molecule is C[C@@]1(C(=O)NC2CCCCCC2)Cn2c(cc3occc32)C(=O)N1Cc1cccc(F)c1. The van der Waals surface area contributed by atoms with Crippen molar-refractivity contribution in [1.82, 2.24) is 14.8 Å². The Morgan fingerprint density at radius 1 is 1.19 bits per heavy atom. The summed E-state index contributed by atoms with van der Waals surface area (Å²) in [6.45, 7) is 2.27. The Bertz CT molecular complexity index is 1160. The Balaban J connectivity index is 1.52. The number of rotatable bonds is 4. The van der Waals surface area contributed by atoms with Crippen LogP contribution in [-0.4, -0.2) is 32.9 Å². The molecule has 3 aromatic rings. The standard InChI is InChI=1S/C25H28FN3O3/c1-25(24(31)27-19-9-4-2-3-5-10-19)16-28-20-11-12-32-22(20)14-21(28)23(30)29(25)15-17-7-6-8-18(26)13-17/h6-8,11-14,19H,2-5,9-10,15-16H2,1H3,(H,27,31)/t25-/m0/s1. The summed E-state index contributed by atoms with van der Waals surface area (Å²) in [5, 5.41) is 3.24. The molecule has 0 bridgehead atoms. The number of nitrogens with zero attached hydrogens (tertiary/aromatic N) is 2. The second-order valence-corrected chi connectivity index (χ2v) is 9.24. The van der Waals surface area contributed by atoms with Crippen LogP contribution in [0.4, 0.5) is 4.39 Å². The molecule has 0 spiro atoms. The monoisotopic (exact) mass is 437 g/mol. The minimum absolute atomic E-state index is 0.118. The van der Waals surface area contributed by atoms with Gasteiger partial charge in [-0.2, -0.15) is 0 Å². The fourth-order valence-corrected chi connectivity index (χ4v) is 5.10. The van der Waals surface area contributed by atoms with Crippen molar-refractivity contribution in [2.45, 2.75) is 70.1 Å². The quantitative estimate of drug-likeness (QED) is 0.606. The molecule has 1 aromatic carbocycles. The van der Waals surface area contributed by atoms with E-state index in [9.17, 15) is 14.0 Å². The maximum absolute atomic E-state index is 13.9. The van der Waals surface area contributed by atoms with Gasteiger partial charge in [0.05, 0.1) is 18.3 Å². The van der Waals surface area contributed by atoms with E-state index in [1.54, 1.807) is 29.4 Å². The van der Waals surface area contributed by atoms with Gasteiger partial charge in [-0.1, -0.05) is 37.8 Å². The minimum Gasteiger partial charge on any atom is -0.463 e. The van der Waals surface area contributed by atoms with Crippen LogP contribution in [0, 0.1) is 5.82 Å². The highest BCUT2D eigenvalue weighted by atomic mass is 19.1. The molecule has 7 heteroatoms. The summed E-state index contributed by atoms with van der Waals surface area (Å²) < 4.78 is 21.2. The zero-order valence-corrected chi connectivity index (χ0v) is 18.3. The molecule has 2 aromatic heterocycles. The summed E-state index contributed by atoms with van der Waals surface area (Å²) in [7, 11) is 0. The summed E-state index contributed by atoms with van der Waals surface area (Å²) in [5.74, 6) is -0.784. The van der Waals surface area contributed by atoms with E-state index in [1.807, 2.05) is 17.6 Å². The van der Waals surface area contributed by atoms with Crippen molar-refractivity contribution in [3.05, 3.63) is 59.7 Å². The Morgan fingerprint density at radius 3 is 2.72 bits per heavy atom. The lowest BCUT2D eigenvalue weighted by Gasteiger charge is -2.44. The van der Waals surface area contributed by atoms with Gasteiger partial charge in [-0.25, -0.2) is 4.39 Å². The van der Waals surface area contributed by atoms with Crippen LogP contribution >= 0.6 is 0 Å². The van der Waals surface area contributed by atoms with Crippen LogP contribution in [0.1, 0.15) is 61.5 Å². The molecule has 1 aliphatic heterocycles. The van der Waals surface area contributed by atoms with Crippen molar-refractivity contribution >= 4 is 22.9 Å². The van der Waals surface area contributed by atoms with Gasteiger partial charge in [0.2, 0.25) is 5.91 Å². The second kappa shape index (κ2) is 8.11. The van der Waals surface area contributed by atoms with Crippen LogP contribution in [0.3, 0.4) is 0 Å². The van der Waals surface area contributed by atoms with Gasteiger partial charge in [0.15, 0.2) is 5.58 Å². The first-order valence-electron chi connectivity index (χ1n) is 11.4. The lowest BCUT2D eigenvalue weighted by Crippen LogP contribution is -2.64. The molecule has 5 rings (SSSR count). The summed E-state index contributed by atoms with van der Waals surface area (Å²) >= 11 is 0. The van der Waals surface area contributed by atoms with E-state index < -0.39 is 5.54 Å². The van der Waals surface area contributed by atoms with Crippen molar-refractivity contribution in [3.8, 4) is 0 Å². The number of amides is 2. The number of fused-ring (bicyclic) bond motifs is 3. The number of halogens is 1. The highest BCUT2D eigenvalue weighted by Gasteiger charge is 2.48. The van der Waals surface area contributed by atoms with E-state index >= 15 is 0 Å². The Kier molecular flexibility index (Phi) is 5.27. The number of furan rings is 1. The van der Waals surface area contributed by atoms with E-state index in [1.165, 1.54) is 25.0 Å². The van der Waals surface area contributed by atoms with E-state index in [0.29, 0.717) is 23.4 Å². The maximum atomic E-state index is 13.9. The molecular formula is C25H28FN3O3. The van der Waals surface area contributed by atoms with Crippen LogP contribution in [0.2, 0.25) is 0 Å². The fourth-order valence-electron chi connectivity index (χ4n) is 5.10. The molecule has 1 aliphatic carbocycles. The van der Waals surface area contributed by atoms with Gasteiger partial charge in [0.25, 0.3) is 5.91 Å². The first-order chi connectivity index (χ1) is 15.5. The van der Waals surface area contributed by atoms with E-state index in [4.69, 9.17) is 4.42 Å². The van der Waals surface area contributed by atoms with Crippen molar-refractivity contribution in [1.29, 1.82) is 0 Å². The molecule has 1 saturated carbocycles. The zero-order chi connectivity index (χ0) is 22.3. The smallest absolute Gasteiger partial charge is 0.271 e. The number of hydrogen-bond acceptors (Lipinski definition) is 3. The molecule has 0 saturated heterocycles. The third-order valence-corrected chi connectivity index (χ3v) is 6.96. The van der Waals surface area contributed by atoms with Crippen LogP contribution in [-0.2, 0) is 17.9 Å². The average Bonchev–Trinajstić information content (AvgIpc) is 3.26. The number of carbonyl (C=O) groups is 2. The number of hydrogen-bond donors (Lipinski definition) is 1. The number of benzene rings is 1. The molecule has 32 heavy (non-hydrogen) atoms. The van der Waals surface area contributed by atoms with Crippen LogP contribution < -0.4 is 5.32 Å². The predicted molar refractivity (Wildman–Crippen MR) is 119 cm³/mol. The molecule has 1 atom stereocenters. The minimum atomic E-state index is -1.12. The van der Waals surface area contributed by atoms with Crippen LogP contribution in [0.25, 0.3) is 11.1 Å². The number of nitrogens with one attached hydrogen (secondary N) is 1. The van der Waals surface area contributed by atoms with Crippen molar-refractivity contribution < 1.29 is 18.4 Å². The van der Waals surface area contributed by atoms with E-state index in [2.05, 4.69) is 5.32 Å². The van der Waals surface area contributed by atoms with Gasteiger partial charge < -0.3 is 19.2 Å². The molecule has 2 amide bonds. The predicted octanol–water partition coefficient (Wildman–Crippen LogP) is 4.63.